The van der Waals surface area contributed by atoms with Crippen LogP contribution in [0.15, 0.2) is 23.1 Å². The van der Waals surface area contributed by atoms with Crippen molar-refractivity contribution in [1.29, 1.82) is 0 Å². The Morgan fingerprint density at radius 2 is 2.04 bits per heavy atom. The van der Waals surface area contributed by atoms with Crippen LogP contribution in [0.1, 0.15) is 17.3 Å². The van der Waals surface area contributed by atoms with Crippen molar-refractivity contribution < 1.29 is 22.7 Å². The van der Waals surface area contributed by atoms with Gasteiger partial charge < -0.3 is 14.8 Å². The minimum atomic E-state index is -3.63. The molecule has 0 aromatic heterocycles. The summed E-state index contributed by atoms with van der Waals surface area (Å²) in [5.74, 6) is -0.396. The third kappa shape index (κ3) is 3.95. The first kappa shape index (κ1) is 19.7. The highest BCUT2D eigenvalue weighted by molar-refractivity contribution is 7.89. The summed E-state index contributed by atoms with van der Waals surface area (Å²) in [4.78, 5) is 11.7. The van der Waals surface area contributed by atoms with Gasteiger partial charge in [-0.3, -0.25) is 0 Å². The van der Waals surface area contributed by atoms with Gasteiger partial charge in [0.05, 0.1) is 19.1 Å². The molecular formula is C14H21ClN2O5S. The third-order valence-corrected chi connectivity index (χ3v) is 5.63. The van der Waals surface area contributed by atoms with E-state index in [-0.39, 0.29) is 34.7 Å². The van der Waals surface area contributed by atoms with Crippen molar-refractivity contribution in [2.75, 3.05) is 33.9 Å². The number of nitrogens with zero attached hydrogens (tertiary/aromatic N) is 1. The number of hydrogen-bond donors (Lipinski definition) is 1. The molecule has 0 spiro atoms. The minimum absolute atomic E-state index is 0. The molecule has 0 saturated carbocycles. The van der Waals surface area contributed by atoms with E-state index in [0.717, 1.165) is 0 Å². The van der Waals surface area contributed by atoms with Crippen molar-refractivity contribution in [3.63, 3.8) is 0 Å². The fraction of sp³-hybridized carbons (Fsp3) is 0.500. The molecule has 0 bridgehead atoms. The van der Waals surface area contributed by atoms with Crippen LogP contribution in [0.3, 0.4) is 0 Å². The van der Waals surface area contributed by atoms with Gasteiger partial charge in [-0.05, 0) is 19.1 Å². The minimum Gasteiger partial charge on any atom is -0.496 e. The van der Waals surface area contributed by atoms with Crippen LogP contribution in [0.4, 0.5) is 0 Å². The highest BCUT2D eigenvalue weighted by Gasteiger charge is 2.31. The van der Waals surface area contributed by atoms with E-state index in [1.54, 1.807) is 0 Å². The monoisotopic (exact) mass is 364 g/mol. The van der Waals surface area contributed by atoms with E-state index >= 15 is 0 Å². The lowest BCUT2D eigenvalue weighted by molar-refractivity contribution is 0.0597. The fourth-order valence-corrected chi connectivity index (χ4v) is 4.07. The van der Waals surface area contributed by atoms with E-state index in [4.69, 9.17) is 4.74 Å². The summed E-state index contributed by atoms with van der Waals surface area (Å²) in [5.41, 5.74) is 0.192. The average Bonchev–Trinajstić information content (AvgIpc) is 2.53. The Balaban J connectivity index is 0.00000264. The molecular weight excluding hydrogens is 344 g/mol. The zero-order valence-corrected chi connectivity index (χ0v) is 14.9. The second-order valence-electron chi connectivity index (χ2n) is 5.02. The number of benzene rings is 1. The predicted octanol–water partition coefficient (Wildman–Crippen LogP) is 0.886. The predicted molar refractivity (Wildman–Crippen MR) is 87.8 cm³/mol. The van der Waals surface area contributed by atoms with Gasteiger partial charge in [-0.1, -0.05) is 0 Å². The van der Waals surface area contributed by atoms with Crippen molar-refractivity contribution in [2.24, 2.45) is 0 Å². The number of hydrogen-bond acceptors (Lipinski definition) is 6. The topological polar surface area (TPSA) is 84.9 Å². The molecule has 9 heteroatoms. The zero-order valence-electron chi connectivity index (χ0n) is 13.2. The summed E-state index contributed by atoms with van der Waals surface area (Å²) in [6.07, 6.45) is 0. The number of halogens is 1. The first-order valence-electron chi connectivity index (χ1n) is 6.90. The number of nitrogens with one attached hydrogen (secondary N) is 1. The van der Waals surface area contributed by atoms with Gasteiger partial charge >= 0.3 is 5.97 Å². The standard InChI is InChI=1S/C14H20N2O5S.ClH/c1-10-9-15-6-7-16(10)22(18,19)11-4-5-12(14(17)21-3)13(8-11)20-2;/h4-5,8,10,15H,6-7,9H2,1-3H3;1H. The molecule has 130 valence electrons. The molecule has 1 aromatic carbocycles. The van der Waals surface area contributed by atoms with E-state index < -0.39 is 16.0 Å². The fourth-order valence-electron chi connectivity index (χ4n) is 2.43. The maximum absolute atomic E-state index is 12.7. The number of piperazine rings is 1. The summed E-state index contributed by atoms with van der Waals surface area (Å²) in [5, 5.41) is 3.15. The lowest BCUT2D eigenvalue weighted by Gasteiger charge is -2.32. The molecule has 1 aliphatic rings. The number of carbonyl (C=O) groups is 1. The van der Waals surface area contributed by atoms with E-state index in [2.05, 4.69) is 10.1 Å². The van der Waals surface area contributed by atoms with Crippen molar-refractivity contribution in [3.8, 4) is 5.75 Å². The van der Waals surface area contributed by atoms with Crippen LogP contribution in [-0.2, 0) is 14.8 Å². The molecule has 0 aliphatic carbocycles. The molecule has 1 heterocycles. The average molecular weight is 365 g/mol. The lowest BCUT2D eigenvalue weighted by atomic mass is 10.2. The molecule has 1 fully saturated rings. The van der Waals surface area contributed by atoms with Crippen LogP contribution in [0.2, 0.25) is 0 Å². The van der Waals surface area contributed by atoms with Gasteiger partial charge in [0, 0.05) is 31.7 Å². The Morgan fingerprint density at radius 3 is 2.61 bits per heavy atom. The molecule has 1 aliphatic heterocycles. The molecule has 1 unspecified atom stereocenters. The highest BCUT2D eigenvalue weighted by atomic mass is 35.5. The Kier molecular flexibility index (Phi) is 6.82. The van der Waals surface area contributed by atoms with Crippen LogP contribution in [0.25, 0.3) is 0 Å². The summed E-state index contributed by atoms with van der Waals surface area (Å²) < 4.78 is 36.7. The number of carbonyl (C=O) groups excluding carboxylic acids is 1. The Morgan fingerprint density at radius 1 is 1.35 bits per heavy atom. The van der Waals surface area contributed by atoms with E-state index in [1.807, 2.05) is 6.92 Å². The molecule has 7 nitrogen and oxygen atoms in total. The van der Waals surface area contributed by atoms with E-state index in [0.29, 0.717) is 19.6 Å². The SMILES string of the molecule is COC(=O)c1ccc(S(=O)(=O)N2CCNCC2C)cc1OC.Cl. The molecule has 1 saturated heterocycles. The third-order valence-electron chi connectivity index (χ3n) is 3.63. The largest absolute Gasteiger partial charge is 0.496 e. The quantitative estimate of drug-likeness (QED) is 0.798. The van der Waals surface area contributed by atoms with Crippen LogP contribution in [0, 0.1) is 0 Å². The molecule has 2 rings (SSSR count). The Hall–Kier alpha value is -1.35. The molecule has 1 aromatic rings. The molecule has 0 radical (unpaired) electrons. The van der Waals surface area contributed by atoms with Crippen molar-refractivity contribution in [1.82, 2.24) is 9.62 Å². The van der Waals surface area contributed by atoms with Gasteiger partial charge in [-0.15, -0.1) is 12.4 Å². The number of rotatable bonds is 4. The van der Waals surface area contributed by atoms with Crippen molar-refractivity contribution in [2.45, 2.75) is 17.9 Å². The summed E-state index contributed by atoms with van der Waals surface area (Å²) in [7, 11) is -0.992. The number of sulfonamides is 1. The van der Waals surface area contributed by atoms with Gasteiger partial charge in [-0.2, -0.15) is 4.31 Å². The molecule has 23 heavy (non-hydrogen) atoms. The van der Waals surface area contributed by atoms with Crippen LogP contribution < -0.4 is 10.1 Å². The number of esters is 1. The summed E-state index contributed by atoms with van der Waals surface area (Å²) in [6, 6.07) is 4.03. The molecule has 0 amide bonds. The second kappa shape index (κ2) is 7.96. The smallest absolute Gasteiger partial charge is 0.341 e. The normalized spacial score (nSPS) is 18.8. The lowest BCUT2D eigenvalue weighted by Crippen LogP contribution is -2.52. The van der Waals surface area contributed by atoms with Crippen LogP contribution >= 0.6 is 12.4 Å². The molecule has 1 N–H and O–H groups in total. The first-order valence-corrected chi connectivity index (χ1v) is 8.34. The van der Waals surface area contributed by atoms with Gasteiger partial charge in [-0.25, -0.2) is 13.2 Å². The van der Waals surface area contributed by atoms with Gasteiger partial charge in [0.2, 0.25) is 10.0 Å². The van der Waals surface area contributed by atoms with Crippen molar-refractivity contribution >= 4 is 28.4 Å². The van der Waals surface area contributed by atoms with Crippen LogP contribution in [-0.4, -0.2) is 58.6 Å². The second-order valence-corrected chi connectivity index (χ2v) is 6.91. The number of methoxy groups -OCH3 is 2. The first-order chi connectivity index (χ1) is 10.4. The maximum Gasteiger partial charge on any atom is 0.341 e. The highest BCUT2D eigenvalue weighted by Crippen LogP contribution is 2.26. The van der Waals surface area contributed by atoms with Gasteiger partial charge in [0.25, 0.3) is 0 Å². The summed E-state index contributed by atoms with van der Waals surface area (Å²) >= 11 is 0. The zero-order chi connectivity index (χ0) is 16.3. The summed E-state index contributed by atoms with van der Waals surface area (Å²) in [6.45, 7) is 3.48. The Labute approximate surface area is 142 Å². The Bertz CT molecular complexity index is 665. The van der Waals surface area contributed by atoms with Gasteiger partial charge in [0.15, 0.2) is 0 Å². The maximum atomic E-state index is 12.7. The number of ether oxygens (including phenoxy) is 2. The van der Waals surface area contributed by atoms with E-state index in [1.165, 1.54) is 36.7 Å². The van der Waals surface area contributed by atoms with Gasteiger partial charge in [0.1, 0.15) is 11.3 Å². The van der Waals surface area contributed by atoms with Crippen LogP contribution in [0.5, 0.6) is 5.75 Å². The van der Waals surface area contributed by atoms with E-state index in [9.17, 15) is 13.2 Å². The van der Waals surface area contributed by atoms with Crippen molar-refractivity contribution in [3.05, 3.63) is 23.8 Å². The molecule has 1 atom stereocenters.